The number of carbonyl (C=O) groups excluding carboxylic acids is 2. The number of thioether (sulfide) groups is 1. The minimum atomic E-state index is -0.967. The van der Waals surface area contributed by atoms with Gasteiger partial charge in [0.15, 0.2) is 0 Å². The third kappa shape index (κ3) is 3.67. The molecule has 32 heavy (non-hydrogen) atoms. The Morgan fingerprint density at radius 3 is 2.47 bits per heavy atom. The fourth-order valence-electron chi connectivity index (χ4n) is 6.21. The maximum absolute atomic E-state index is 14.2. The van der Waals surface area contributed by atoms with E-state index >= 15 is 0 Å². The number of amides is 2. The Labute approximate surface area is 195 Å². The fraction of sp³-hybridized carbons (Fsp3) is 0.792. The number of nitrogens with zero attached hydrogens (tertiary/aromatic N) is 2. The van der Waals surface area contributed by atoms with Crippen molar-refractivity contribution in [2.45, 2.75) is 82.0 Å². The van der Waals surface area contributed by atoms with Crippen LogP contribution in [0.25, 0.3) is 0 Å². The molecule has 0 aromatic carbocycles. The molecule has 3 heterocycles. The third-order valence-corrected chi connectivity index (χ3v) is 9.51. The number of hydrogen-bond acceptors (Lipinski definition) is 5. The zero-order chi connectivity index (χ0) is 24.2. The summed E-state index contributed by atoms with van der Waals surface area (Å²) >= 11 is 1.53. The van der Waals surface area contributed by atoms with Gasteiger partial charge in [-0.15, -0.1) is 18.3 Å². The second-order valence-corrected chi connectivity index (χ2v) is 12.6. The van der Waals surface area contributed by atoms with E-state index in [1.807, 2.05) is 41.5 Å². The number of rotatable bonds is 8. The fourth-order valence-corrected chi connectivity index (χ4v) is 8.60. The Kier molecular flexibility index (Phi) is 6.80. The van der Waals surface area contributed by atoms with Gasteiger partial charge in [-0.2, -0.15) is 0 Å². The summed E-state index contributed by atoms with van der Waals surface area (Å²) in [5.74, 6) is -2.76. The van der Waals surface area contributed by atoms with Crippen molar-refractivity contribution in [3.8, 4) is 0 Å². The van der Waals surface area contributed by atoms with Gasteiger partial charge in [-0.1, -0.05) is 26.8 Å². The van der Waals surface area contributed by atoms with Crippen molar-refractivity contribution in [1.82, 2.24) is 9.80 Å². The van der Waals surface area contributed by atoms with Crippen molar-refractivity contribution in [2.24, 2.45) is 23.7 Å². The van der Waals surface area contributed by atoms with Crippen LogP contribution in [0, 0.1) is 23.7 Å². The Morgan fingerprint density at radius 2 is 2.00 bits per heavy atom. The summed E-state index contributed by atoms with van der Waals surface area (Å²) in [5, 5.41) is 20.1. The average molecular weight is 467 g/mol. The van der Waals surface area contributed by atoms with Gasteiger partial charge in [0.1, 0.15) is 6.04 Å². The molecule has 3 aliphatic rings. The van der Waals surface area contributed by atoms with E-state index in [0.29, 0.717) is 19.4 Å². The van der Waals surface area contributed by atoms with E-state index < -0.39 is 40.2 Å². The first kappa shape index (κ1) is 25.1. The van der Waals surface area contributed by atoms with E-state index in [4.69, 9.17) is 0 Å². The molecule has 3 fully saturated rings. The molecule has 7 atom stereocenters. The molecule has 3 rings (SSSR count). The zero-order valence-electron chi connectivity index (χ0n) is 20.1. The smallest absolute Gasteiger partial charge is 0.308 e. The molecule has 7 nitrogen and oxygen atoms in total. The Balaban J connectivity index is 2.18. The highest BCUT2D eigenvalue weighted by Crippen LogP contribution is 2.69. The average Bonchev–Trinajstić information content (AvgIpc) is 3.26. The lowest BCUT2D eigenvalue weighted by Gasteiger charge is -2.45. The molecule has 180 valence electrons. The van der Waals surface area contributed by atoms with Crippen LogP contribution in [0.1, 0.15) is 54.4 Å². The SMILES string of the molecule is C=CCN(C(=O)C1N([C@@H](CO)CC(C)C)C(=O)[C@@H]2[C@H](C(=O)O)[C@@H]3CC(C)C12S3)C(C)(C)C. The van der Waals surface area contributed by atoms with Crippen LogP contribution < -0.4 is 0 Å². The van der Waals surface area contributed by atoms with Gasteiger partial charge in [-0.05, 0) is 45.4 Å². The summed E-state index contributed by atoms with van der Waals surface area (Å²) in [6.45, 7) is 15.8. The van der Waals surface area contributed by atoms with Crippen molar-refractivity contribution in [3.63, 3.8) is 0 Å². The lowest BCUT2D eigenvalue weighted by molar-refractivity contribution is -0.150. The molecular weight excluding hydrogens is 428 g/mol. The highest BCUT2D eigenvalue weighted by molar-refractivity contribution is 8.02. The van der Waals surface area contributed by atoms with Crippen LogP contribution >= 0.6 is 11.8 Å². The Bertz CT molecular complexity index is 794. The summed E-state index contributed by atoms with van der Waals surface area (Å²) in [6.07, 6.45) is 2.90. The molecule has 0 saturated carbocycles. The van der Waals surface area contributed by atoms with Crippen LogP contribution in [0.4, 0.5) is 0 Å². The quantitative estimate of drug-likeness (QED) is 0.534. The van der Waals surface area contributed by atoms with Crippen molar-refractivity contribution < 1.29 is 24.6 Å². The first-order chi connectivity index (χ1) is 14.8. The summed E-state index contributed by atoms with van der Waals surface area (Å²) in [4.78, 5) is 43.7. The van der Waals surface area contributed by atoms with Crippen LogP contribution in [0.2, 0.25) is 0 Å². The molecule has 0 aromatic heterocycles. The van der Waals surface area contributed by atoms with Gasteiger partial charge in [-0.3, -0.25) is 14.4 Å². The second kappa shape index (κ2) is 8.67. The second-order valence-electron chi connectivity index (χ2n) is 11.0. The highest BCUT2D eigenvalue weighted by Gasteiger charge is 2.77. The molecule has 3 unspecified atom stereocenters. The summed E-state index contributed by atoms with van der Waals surface area (Å²) in [6, 6.07) is -1.33. The van der Waals surface area contributed by atoms with Gasteiger partial charge in [-0.25, -0.2) is 0 Å². The van der Waals surface area contributed by atoms with Crippen LogP contribution in [-0.2, 0) is 14.4 Å². The van der Waals surface area contributed by atoms with Crippen molar-refractivity contribution in [1.29, 1.82) is 0 Å². The molecule has 2 bridgehead atoms. The molecule has 0 aliphatic carbocycles. The first-order valence-electron chi connectivity index (χ1n) is 11.6. The van der Waals surface area contributed by atoms with Gasteiger partial charge in [0.05, 0.1) is 29.2 Å². The molecule has 0 radical (unpaired) electrons. The van der Waals surface area contributed by atoms with Crippen LogP contribution in [-0.4, -0.2) is 78.6 Å². The number of carboxylic acids is 1. The summed E-state index contributed by atoms with van der Waals surface area (Å²) in [7, 11) is 0. The van der Waals surface area contributed by atoms with Gasteiger partial charge >= 0.3 is 5.97 Å². The molecule has 0 aromatic rings. The van der Waals surface area contributed by atoms with E-state index in [2.05, 4.69) is 6.58 Å². The Hall–Kier alpha value is -1.54. The lowest BCUT2D eigenvalue weighted by atomic mass is 9.66. The number of carbonyl (C=O) groups is 3. The molecule has 2 amide bonds. The van der Waals surface area contributed by atoms with E-state index in [1.165, 1.54) is 11.8 Å². The monoisotopic (exact) mass is 466 g/mol. The van der Waals surface area contributed by atoms with Crippen molar-refractivity contribution in [2.75, 3.05) is 13.2 Å². The van der Waals surface area contributed by atoms with E-state index in [9.17, 15) is 24.6 Å². The third-order valence-electron chi connectivity index (χ3n) is 7.44. The molecule has 3 aliphatic heterocycles. The molecular formula is C24H38N2O5S. The van der Waals surface area contributed by atoms with Crippen LogP contribution in [0.15, 0.2) is 12.7 Å². The lowest BCUT2D eigenvalue weighted by Crippen LogP contribution is -2.62. The molecule has 8 heteroatoms. The van der Waals surface area contributed by atoms with Gasteiger partial charge in [0.25, 0.3) is 0 Å². The number of aliphatic carboxylic acids is 1. The number of carboxylic acid groups (broad SMARTS) is 1. The maximum atomic E-state index is 14.2. The number of hydrogen-bond donors (Lipinski definition) is 2. The normalized spacial score (nSPS) is 34.7. The van der Waals surface area contributed by atoms with Crippen molar-refractivity contribution in [3.05, 3.63) is 12.7 Å². The topological polar surface area (TPSA) is 98.2 Å². The van der Waals surface area contributed by atoms with Gasteiger partial charge < -0.3 is 20.0 Å². The largest absolute Gasteiger partial charge is 0.481 e. The zero-order valence-corrected chi connectivity index (χ0v) is 20.9. The van der Waals surface area contributed by atoms with Crippen LogP contribution in [0.5, 0.6) is 0 Å². The number of aliphatic hydroxyl groups excluding tert-OH is 1. The molecule has 2 N–H and O–H groups in total. The van der Waals surface area contributed by atoms with Crippen molar-refractivity contribution >= 4 is 29.5 Å². The summed E-state index contributed by atoms with van der Waals surface area (Å²) in [5.41, 5.74) is -0.502. The predicted molar refractivity (Wildman–Crippen MR) is 125 cm³/mol. The Morgan fingerprint density at radius 1 is 1.38 bits per heavy atom. The number of aliphatic hydroxyl groups is 1. The summed E-state index contributed by atoms with van der Waals surface area (Å²) < 4.78 is -0.795. The standard InChI is InChI=1S/C24H38N2O5S/c1-8-9-25(23(5,6)7)21(29)19-24-14(4)11-16(32-24)17(22(30)31)18(24)20(28)26(19)15(12-27)10-13(2)3/h8,13-19,27H,1,9-12H2,2-7H3,(H,30,31)/t14?,15-,16+,17-,18+,19?,24?/m1/s1. The minimum absolute atomic E-state index is 0.0185. The number of fused-ring (bicyclic) bond motifs is 1. The van der Waals surface area contributed by atoms with Gasteiger partial charge in [0, 0.05) is 17.3 Å². The van der Waals surface area contributed by atoms with E-state index in [0.717, 1.165) is 0 Å². The first-order valence-corrected chi connectivity index (χ1v) is 12.5. The predicted octanol–water partition coefficient (Wildman–Crippen LogP) is 2.63. The highest BCUT2D eigenvalue weighted by atomic mass is 32.2. The number of likely N-dealkylation sites (tertiary alicyclic amines) is 1. The van der Waals surface area contributed by atoms with Crippen LogP contribution in [0.3, 0.4) is 0 Å². The van der Waals surface area contributed by atoms with E-state index in [1.54, 1.807) is 15.9 Å². The minimum Gasteiger partial charge on any atom is -0.481 e. The van der Waals surface area contributed by atoms with E-state index in [-0.39, 0.29) is 35.5 Å². The molecule has 3 saturated heterocycles. The molecule has 1 spiro atoms. The van der Waals surface area contributed by atoms with Gasteiger partial charge in [0.2, 0.25) is 11.8 Å². The maximum Gasteiger partial charge on any atom is 0.308 e.